The molecule has 148 valence electrons. The molecule has 0 saturated carbocycles. The van der Waals surface area contributed by atoms with Gasteiger partial charge in [0.1, 0.15) is 17.6 Å². The Morgan fingerprint density at radius 2 is 2.11 bits per heavy atom. The first-order valence-corrected chi connectivity index (χ1v) is 10.1. The lowest BCUT2D eigenvalue weighted by Crippen LogP contribution is -2.24. The van der Waals surface area contributed by atoms with Crippen molar-refractivity contribution in [3.05, 3.63) is 72.5 Å². The highest BCUT2D eigenvalue weighted by Crippen LogP contribution is 2.29. The van der Waals surface area contributed by atoms with Gasteiger partial charge in [-0.1, -0.05) is 6.07 Å². The Morgan fingerprint density at radius 3 is 2.89 bits per heavy atom. The van der Waals surface area contributed by atoms with Crippen molar-refractivity contribution in [3.63, 3.8) is 0 Å². The Bertz CT molecular complexity index is 810. The first kappa shape index (κ1) is 18.9. The molecule has 3 aromatic rings. The fraction of sp³-hybridized carbons (Fsp3) is 0.455. The van der Waals surface area contributed by atoms with Gasteiger partial charge >= 0.3 is 0 Å². The molecule has 6 heteroatoms. The maximum Gasteiger partial charge on any atom is 0.133 e. The van der Waals surface area contributed by atoms with Crippen molar-refractivity contribution >= 4 is 0 Å². The van der Waals surface area contributed by atoms with E-state index in [0.717, 1.165) is 63.6 Å². The van der Waals surface area contributed by atoms with E-state index in [1.807, 2.05) is 37.2 Å². The summed E-state index contributed by atoms with van der Waals surface area (Å²) >= 11 is 0. The number of hydrogen-bond donors (Lipinski definition) is 0. The van der Waals surface area contributed by atoms with E-state index in [1.54, 1.807) is 0 Å². The molecule has 1 fully saturated rings. The minimum Gasteiger partial charge on any atom is -0.462 e. The summed E-state index contributed by atoms with van der Waals surface area (Å²) in [4.78, 5) is 10.8. The largest absolute Gasteiger partial charge is 0.462 e. The average Bonchev–Trinajstić information content (AvgIpc) is 3.42. The van der Waals surface area contributed by atoms with E-state index >= 15 is 0 Å². The highest BCUT2D eigenvalue weighted by atomic mass is 16.5. The van der Waals surface area contributed by atoms with E-state index < -0.39 is 0 Å². The molecule has 28 heavy (non-hydrogen) atoms. The van der Waals surface area contributed by atoms with Crippen molar-refractivity contribution in [1.29, 1.82) is 0 Å². The van der Waals surface area contributed by atoms with E-state index in [9.17, 15) is 0 Å². The quantitative estimate of drug-likeness (QED) is 0.557. The first-order valence-electron chi connectivity index (χ1n) is 10.1. The zero-order valence-corrected chi connectivity index (χ0v) is 16.2. The van der Waals surface area contributed by atoms with Crippen molar-refractivity contribution in [2.75, 3.05) is 13.2 Å². The number of pyridine rings is 1. The first-order chi connectivity index (χ1) is 13.9. The van der Waals surface area contributed by atoms with Crippen molar-refractivity contribution < 1.29 is 9.15 Å². The van der Waals surface area contributed by atoms with Crippen LogP contribution in [-0.2, 0) is 24.4 Å². The lowest BCUT2D eigenvalue weighted by atomic mass is 10.1. The van der Waals surface area contributed by atoms with Crippen LogP contribution in [0.1, 0.15) is 48.9 Å². The molecule has 0 aromatic carbocycles. The second-order valence-corrected chi connectivity index (χ2v) is 7.39. The Labute approximate surface area is 166 Å². The Morgan fingerprint density at radius 1 is 1.11 bits per heavy atom. The summed E-state index contributed by atoms with van der Waals surface area (Å²) in [6.45, 7) is 4.41. The van der Waals surface area contributed by atoms with Gasteiger partial charge in [-0.25, -0.2) is 4.98 Å². The van der Waals surface area contributed by atoms with Gasteiger partial charge < -0.3 is 13.7 Å². The molecule has 4 heterocycles. The number of nitrogens with zero attached hydrogens (tertiary/aromatic N) is 4. The lowest BCUT2D eigenvalue weighted by molar-refractivity contribution is 0.000810. The number of aromatic nitrogens is 3. The van der Waals surface area contributed by atoms with Crippen LogP contribution in [0, 0.1) is 0 Å². The Balaban J connectivity index is 1.38. The molecule has 0 aliphatic carbocycles. The molecule has 0 N–H and O–H groups in total. The molecule has 0 amide bonds. The normalized spacial score (nSPS) is 17.2. The molecule has 0 spiro atoms. The molecule has 4 rings (SSSR count). The van der Waals surface area contributed by atoms with E-state index in [4.69, 9.17) is 9.15 Å². The molecule has 0 bridgehead atoms. The number of furan rings is 1. The summed E-state index contributed by atoms with van der Waals surface area (Å²) in [7, 11) is 0. The van der Waals surface area contributed by atoms with Crippen LogP contribution >= 0.6 is 0 Å². The van der Waals surface area contributed by atoms with Gasteiger partial charge in [0.2, 0.25) is 0 Å². The van der Waals surface area contributed by atoms with Gasteiger partial charge in [0.15, 0.2) is 0 Å². The molecular weight excluding hydrogens is 352 g/mol. The zero-order valence-electron chi connectivity index (χ0n) is 16.2. The topological polar surface area (TPSA) is 56.3 Å². The Kier molecular flexibility index (Phi) is 6.52. The van der Waals surface area contributed by atoms with Crippen LogP contribution in [0.25, 0.3) is 0 Å². The summed E-state index contributed by atoms with van der Waals surface area (Å²) in [5.74, 6) is 1.96. The van der Waals surface area contributed by atoms with Crippen LogP contribution in [0.5, 0.6) is 0 Å². The molecule has 3 aromatic heterocycles. The second-order valence-electron chi connectivity index (χ2n) is 7.39. The molecule has 0 radical (unpaired) electrons. The predicted octanol–water partition coefficient (Wildman–Crippen LogP) is 4.21. The van der Waals surface area contributed by atoms with Crippen LogP contribution in [-0.4, -0.2) is 32.6 Å². The predicted molar refractivity (Wildman–Crippen MR) is 106 cm³/mol. The molecule has 1 atom stereocenters. The summed E-state index contributed by atoms with van der Waals surface area (Å²) < 4.78 is 14.1. The third-order valence-electron chi connectivity index (χ3n) is 5.14. The van der Waals surface area contributed by atoms with E-state index in [-0.39, 0.29) is 6.10 Å². The van der Waals surface area contributed by atoms with Crippen LogP contribution < -0.4 is 0 Å². The van der Waals surface area contributed by atoms with Crippen molar-refractivity contribution in [2.24, 2.45) is 0 Å². The van der Waals surface area contributed by atoms with Gasteiger partial charge in [0.05, 0.1) is 12.9 Å². The van der Waals surface area contributed by atoms with Crippen LogP contribution in [0.15, 0.2) is 59.8 Å². The third kappa shape index (κ3) is 5.30. The fourth-order valence-corrected chi connectivity index (χ4v) is 3.70. The van der Waals surface area contributed by atoms with E-state index in [1.165, 1.54) is 12.0 Å². The maximum absolute atomic E-state index is 6.15. The molecular formula is C22H28N4O2. The molecule has 1 saturated heterocycles. The monoisotopic (exact) mass is 380 g/mol. The minimum absolute atomic E-state index is 0.121. The highest BCUT2D eigenvalue weighted by molar-refractivity contribution is 5.11. The van der Waals surface area contributed by atoms with Gasteiger partial charge in [-0.2, -0.15) is 0 Å². The SMILES string of the molecule is c1cncc(CN(CCCn2ccnc2)Cc2ccc([C@@H]3CCCCO3)o2)c1. The van der Waals surface area contributed by atoms with E-state index in [0.29, 0.717) is 0 Å². The van der Waals surface area contributed by atoms with Crippen LogP contribution in [0.4, 0.5) is 0 Å². The number of ether oxygens (including phenoxy) is 1. The van der Waals surface area contributed by atoms with Gasteiger partial charge in [-0.05, 0) is 49.4 Å². The summed E-state index contributed by atoms with van der Waals surface area (Å²) in [5, 5.41) is 0. The Hall–Kier alpha value is -2.44. The summed E-state index contributed by atoms with van der Waals surface area (Å²) in [5.41, 5.74) is 1.22. The number of aryl methyl sites for hydroxylation is 1. The lowest BCUT2D eigenvalue weighted by Gasteiger charge is -2.22. The smallest absolute Gasteiger partial charge is 0.133 e. The van der Waals surface area contributed by atoms with Crippen molar-refractivity contribution in [2.45, 2.75) is 51.4 Å². The summed E-state index contributed by atoms with van der Waals surface area (Å²) in [6, 6.07) is 8.29. The molecule has 1 aliphatic heterocycles. The van der Waals surface area contributed by atoms with Crippen molar-refractivity contribution in [1.82, 2.24) is 19.4 Å². The van der Waals surface area contributed by atoms with Gasteiger partial charge in [0, 0.05) is 51.0 Å². The summed E-state index contributed by atoms with van der Waals surface area (Å²) in [6.07, 6.45) is 14.0. The van der Waals surface area contributed by atoms with Gasteiger partial charge in [-0.3, -0.25) is 9.88 Å². The average molecular weight is 380 g/mol. The molecule has 0 unspecified atom stereocenters. The van der Waals surface area contributed by atoms with Crippen molar-refractivity contribution in [3.8, 4) is 0 Å². The zero-order chi connectivity index (χ0) is 19.0. The molecule has 6 nitrogen and oxygen atoms in total. The minimum atomic E-state index is 0.121. The molecule has 1 aliphatic rings. The maximum atomic E-state index is 6.15. The van der Waals surface area contributed by atoms with Crippen LogP contribution in [0.3, 0.4) is 0 Å². The number of imidazole rings is 1. The number of rotatable bonds is 9. The van der Waals surface area contributed by atoms with Gasteiger partial charge in [0.25, 0.3) is 0 Å². The standard InChI is InChI=1S/C22H28N4O2/c1-2-14-27-21(6-1)22-8-7-20(28-22)17-26(16-19-5-3-9-23-15-19)12-4-11-25-13-10-24-18-25/h3,5,7-10,13,15,18,21H,1-2,4,6,11-12,14,16-17H2/t21-/m0/s1. The van der Waals surface area contributed by atoms with Gasteiger partial charge in [-0.15, -0.1) is 0 Å². The highest BCUT2D eigenvalue weighted by Gasteiger charge is 2.20. The fourth-order valence-electron chi connectivity index (χ4n) is 3.70. The van der Waals surface area contributed by atoms with Crippen LogP contribution in [0.2, 0.25) is 0 Å². The second kappa shape index (κ2) is 9.66. The van der Waals surface area contributed by atoms with E-state index in [2.05, 4.69) is 37.6 Å². The number of hydrogen-bond acceptors (Lipinski definition) is 5. The third-order valence-corrected chi connectivity index (χ3v) is 5.14.